The van der Waals surface area contributed by atoms with Crippen LogP contribution in [0.5, 0.6) is 5.75 Å². The number of aliphatic hydroxyl groups is 1. The van der Waals surface area contributed by atoms with Crippen LogP contribution < -0.4 is 9.64 Å². The summed E-state index contributed by atoms with van der Waals surface area (Å²) < 4.78 is 13.9. The number of rotatable bonds is 4. The summed E-state index contributed by atoms with van der Waals surface area (Å²) in [7, 11) is -0.401. The maximum absolute atomic E-state index is 13.6. The maximum atomic E-state index is 13.6. The molecule has 2 bridgehead atoms. The highest BCUT2D eigenvalue weighted by molar-refractivity contribution is 6.74. The van der Waals surface area contributed by atoms with E-state index in [1.165, 1.54) is 11.1 Å². The molecule has 2 heterocycles. The van der Waals surface area contributed by atoms with Crippen molar-refractivity contribution in [3.05, 3.63) is 70.3 Å². The van der Waals surface area contributed by atoms with Crippen LogP contribution in [0.1, 0.15) is 76.0 Å². The molecule has 2 aromatic rings. The normalized spacial score (nSPS) is 29.7. The van der Waals surface area contributed by atoms with Crippen molar-refractivity contribution in [2.24, 2.45) is 11.8 Å². The Morgan fingerprint density at radius 2 is 1.94 bits per heavy atom. The van der Waals surface area contributed by atoms with Crippen molar-refractivity contribution in [1.82, 2.24) is 4.90 Å². The van der Waals surface area contributed by atoms with Gasteiger partial charge >= 0.3 is 5.97 Å². The van der Waals surface area contributed by atoms with E-state index in [9.17, 15) is 19.8 Å². The summed E-state index contributed by atoms with van der Waals surface area (Å²) in [4.78, 5) is 30.7. The van der Waals surface area contributed by atoms with E-state index in [-0.39, 0.29) is 28.9 Å². The number of aliphatic carboxylic acids is 1. The van der Waals surface area contributed by atoms with Gasteiger partial charge in [-0.1, -0.05) is 56.7 Å². The van der Waals surface area contributed by atoms with Crippen LogP contribution in [0.25, 0.3) is 0 Å². The highest BCUT2D eigenvalue weighted by Gasteiger charge is 2.48. The van der Waals surface area contributed by atoms with Crippen LogP contribution in [-0.4, -0.2) is 81.3 Å². The van der Waals surface area contributed by atoms with Gasteiger partial charge in [0.25, 0.3) is 0 Å². The standard InChI is InChI=1S/C40H55ClN2O6Si/c1-38(2,3)50(5,6)49-34-11-7-8-19-42(4)36(45)22-40(25-44,37(46)47)29-13-17-35-33(21-29)43(23-28-12-15-31(28)34)24-39(26-48-35)18-9-10-27-20-30(41)14-16-32(27)39/h7,11,13-14,16-17,20-21,28,31,34,44H,8-10,12,15,18-19,22-26H2,1-6H3,(H,46,47)/b11-7-/t28-,31+,34-,39-,40+/m0/s1. The highest BCUT2D eigenvalue weighted by atomic mass is 35.5. The van der Waals surface area contributed by atoms with Crippen molar-refractivity contribution in [2.45, 2.75) is 101 Å². The SMILES string of the molecule is CN1CC/C=C\[C@H](O[Si](C)(C)C(C)(C)C)[C@@H]2CC[C@H]2CN2C[C@@]3(CCCc4cc(Cl)ccc43)COc3ccc(cc32)[C@@](CO)(C(=O)O)CC1=O. The predicted molar refractivity (Wildman–Crippen MR) is 201 cm³/mol. The van der Waals surface area contributed by atoms with Crippen LogP contribution in [-0.2, 0) is 31.3 Å². The van der Waals surface area contributed by atoms with Gasteiger partial charge in [0.15, 0.2) is 8.32 Å². The summed E-state index contributed by atoms with van der Waals surface area (Å²) in [5.74, 6) is -0.170. The number of halogens is 1. The molecule has 0 radical (unpaired) electrons. The van der Waals surface area contributed by atoms with Crippen molar-refractivity contribution >= 4 is 37.5 Å². The quantitative estimate of drug-likeness (QED) is 0.252. The van der Waals surface area contributed by atoms with E-state index in [4.69, 9.17) is 20.8 Å². The van der Waals surface area contributed by atoms with Crippen molar-refractivity contribution in [3.8, 4) is 5.75 Å². The predicted octanol–water partition coefficient (Wildman–Crippen LogP) is 7.35. The topological polar surface area (TPSA) is 99.5 Å². The van der Waals surface area contributed by atoms with E-state index in [2.05, 4.69) is 63.0 Å². The summed E-state index contributed by atoms with van der Waals surface area (Å²) in [6.45, 7) is 13.2. The second-order valence-electron chi connectivity index (χ2n) is 16.9. The molecule has 2 aliphatic heterocycles. The lowest BCUT2D eigenvalue weighted by Crippen LogP contribution is -2.52. The Morgan fingerprint density at radius 3 is 2.62 bits per heavy atom. The molecule has 6 rings (SSSR count). The number of nitrogens with zero attached hydrogens (tertiary/aromatic N) is 2. The van der Waals surface area contributed by atoms with E-state index < -0.39 is 26.3 Å². The van der Waals surface area contributed by atoms with Gasteiger partial charge in [0.1, 0.15) is 11.2 Å². The van der Waals surface area contributed by atoms with Gasteiger partial charge in [0.2, 0.25) is 5.91 Å². The fraction of sp³-hybridized carbons (Fsp3) is 0.600. The first-order valence-electron chi connectivity index (χ1n) is 18.3. The van der Waals surface area contributed by atoms with Gasteiger partial charge < -0.3 is 29.2 Å². The molecule has 10 heteroatoms. The van der Waals surface area contributed by atoms with Crippen LogP contribution in [0.15, 0.2) is 48.6 Å². The first-order valence-corrected chi connectivity index (χ1v) is 21.6. The molecule has 1 amide bonds. The zero-order chi connectivity index (χ0) is 36.1. The lowest BCUT2D eigenvalue weighted by atomic mass is 9.68. The third-order valence-electron chi connectivity index (χ3n) is 12.7. The zero-order valence-corrected chi connectivity index (χ0v) is 32.4. The van der Waals surface area contributed by atoms with Crippen molar-refractivity contribution < 1.29 is 29.0 Å². The van der Waals surface area contributed by atoms with Gasteiger partial charge in [-0.15, -0.1) is 0 Å². The Kier molecular flexibility index (Phi) is 10.3. The Hall–Kier alpha value is -2.85. The van der Waals surface area contributed by atoms with E-state index in [1.54, 1.807) is 18.0 Å². The van der Waals surface area contributed by atoms with Crippen LogP contribution in [0.2, 0.25) is 23.2 Å². The zero-order valence-electron chi connectivity index (χ0n) is 30.6. The molecule has 4 aliphatic rings. The van der Waals surface area contributed by atoms with Crippen LogP contribution in [0, 0.1) is 11.8 Å². The van der Waals surface area contributed by atoms with E-state index in [0.29, 0.717) is 49.3 Å². The summed E-state index contributed by atoms with van der Waals surface area (Å²) in [5.41, 5.74) is 1.67. The highest BCUT2D eigenvalue weighted by Crippen LogP contribution is 2.49. The average Bonchev–Trinajstić information content (AvgIpc) is 3.19. The summed E-state index contributed by atoms with van der Waals surface area (Å²) in [6, 6.07) is 11.7. The van der Waals surface area contributed by atoms with Gasteiger partial charge in [-0.05, 0) is 109 Å². The molecule has 1 spiro atoms. The molecule has 0 unspecified atom stereocenters. The maximum Gasteiger partial charge on any atom is 0.317 e. The van der Waals surface area contributed by atoms with Gasteiger partial charge in [-0.3, -0.25) is 9.59 Å². The molecule has 272 valence electrons. The number of benzene rings is 2. The molecule has 50 heavy (non-hydrogen) atoms. The summed E-state index contributed by atoms with van der Waals surface area (Å²) in [5, 5.41) is 22.2. The fourth-order valence-corrected chi connectivity index (χ4v) is 9.75. The molecule has 1 saturated carbocycles. The molecular formula is C40H55ClN2O6Si. The number of carboxylic acids is 1. The number of aryl methyl sites for hydroxylation is 1. The Labute approximate surface area is 303 Å². The van der Waals surface area contributed by atoms with E-state index in [0.717, 1.165) is 49.4 Å². The Bertz CT molecular complexity index is 1640. The molecule has 2 N–H and O–H groups in total. The van der Waals surface area contributed by atoms with Crippen LogP contribution in [0.4, 0.5) is 5.69 Å². The molecule has 0 aromatic heterocycles. The number of hydrogen-bond acceptors (Lipinski definition) is 6. The van der Waals surface area contributed by atoms with E-state index >= 15 is 0 Å². The number of anilines is 1. The van der Waals surface area contributed by atoms with E-state index in [1.807, 2.05) is 18.2 Å². The second-order valence-corrected chi connectivity index (χ2v) is 22.1. The van der Waals surface area contributed by atoms with Crippen molar-refractivity contribution in [1.29, 1.82) is 0 Å². The number of carboxylic acid groups (broad SMARTS) is 1. The molecule has 2 aliphatic carbocycles. The third kappa shape index (κ3) is 6.87. The number of aliphatic hydroxyl groups excluding tert-OH is 1. The minimum absolute atomic E-state index is 0.0295. The largest absolute Gasteiger partial charge is 0.490 e. The number of carbonyl (C=O) groups excluding carboxylic acids is 1. The van der Waals surface area contributed by atoms with Crippen molar-refractivity contribution in [3.63, 3.8) is 0 Å². The second kappa shape index (κ2) is 13.9. The summed E-state index contributed by atoms with van der Waals surface area (Å²) in [6.07, 6.45) is 9.73. The van der Waals surface area contributed by atoms with Crippen molar-refractivity contribution in [2.75, 3.05) is 44.8 Å². The average molecular weight is 723 g/mol. The van der Waals surface area contributed by atoms with Gasteiger partial charge in [-0.25, -0.2) is 0 Å². The summed E-state index contributed by atoms with van der Waals surface area (Å²) >= 11 is 6.49. The minimum Gasteiger partial charge on any atom is -0.490 e. The number of hydrogen-bond donors (Lipinski definition) is 2. The Morgan fingerprint density at radius 1 is 1.16 bits per heavy atom. The van der Waals surface area contributed by atoms with Gasteiger partial charge in [0, 0.05) is 43.5 Å². The minimum atomic E-state index is -2.11. The molecule has 0 saturated heterocycles. The van der Waals surface area contributed by atoms with Crippen LogP contribution >= 0.6 is 11.6 Å². The molecule has 5 atom stereocenters. The van der Waals surface area contributed by atoms with Crippen LogP contribution in [0.3, 0.4) is 0 Å². The number of ether oxygens (including phenoxy) is 1. The van der Waals surface area contributed by atoms with Gasteiger partial charge in [0.05, 0.1) is 25.0 Å². The first kappa shape index (κ1) is 36.9. The number of amides is 1. The fourth-order valence-electron chi connectivity index (χ4n) is 8.27. The lowest BCUT2D eigenvalue weighted by molar-refractivity contribution is -0.149. The molecule has 1 fully saturated rings. The Balaban J connectivity index is 1.47. The molecule has 2 aromatic carbocycles. The first-order chi connectivity index (χ1) is 23.6. The lowest BCUT2D eigenvalue weighted by Gasteiger charge is -2.48. The van der Waals surface area contributed by atoms with Gasteiger partial charge in [-0.2, -0.15) is 0 Å². The molecular weight excluding hydrogens is 668 g/mol. The molecule has 8 nitrogen and oxygen atoms in total. The smallest absolute Gasteiger partial charge is 0.317 e. The monoisotopic (exact) mass is 722 g/mol. The number of carbonyl (C=O) groups is 2. The third-order valence-corrected chi connectivity index (χ3v) is 17.4. The number of fused-ring (bicyclic) bond motifs is 4.